The Bertz CT molecular complexity index is 158. The molecule has 0 N–H and O–H groups in total. The first-order valence-corrected chi connectivity index (χ1v) is 3.33. The molecule has 0 saturated carbocycles. The maximum Gasteiger partial charge on any atom is 0.535 e. The summed E-state index contributed by atoms with van der Waals surface area (Å²) < 4.78 is 4.76. The summed E-state index contributed by atoms with van der Waals surface area (Å²) in [6.45, 7) is 6.90. The van der Waals surface area contributed by atoms with E-state index in [1.807, 2.05) is 0 Å². The van der Waals surface area contributed by atoms with E-state index in [1.54, 1.807) is 27.7 Å². The van der Waals surface area contributed by atoms with Crippen LogP contribution in [0.25, 0.3) is 0 Å². The van der Waals surface area contributed by atoms with Crippen molar-refractivity contribution < 1.29 is 14.4 Å². The summed E-state index contributed by atoms with van der Waals surface area (Å²) in [5.74, 6) is 0. The third-order valence-corrected chi connectivity index (χ3v) is 0.622. The molecular formula is C7H13NO3. The summed E-state index contributed by atoms with van der Waals surface area (Å²) in [7, 11) is 0. The summed E-state index contributed by atoms with van der Waals surface area (Å²) >= 11 is 0. The van der Waals surface area contributed by atoms with Crippen LogP contribution in [-0.2, 0) is 9.57 Å². The van der Waals surface area contributed by atoms with E-state index in [-0.39, 0.29) is 0 Å². The normalized spacial score (nSPS) is 11.6. The van der Waals surface area contributed by atoms with Crippen molar-refractivity contribution in [2.45, 2.75) is 33.3 Å². The molecule has 0 aliphatic carbocycles. The molecule has 0 atom stereocenters. The van der Waals surface area contributed by atoms with Crippen molar-refractivity contribution >= 4 is 12.4 Å². The van der Waals surface area contributed by atoms with Gasteiger partial charge in [-0.2, -0.15) is 0 Å². The first kappa shape index (κ1) is 9.94. The van der Waals surface area contributed by atoms with Crippen LogP contribution in [-0.4, -0.2) is 18.0 Å². The van der Waals surface area contributed by atoms with E-state index in [0.29, 0.717) is 0 Å². The zero-order chi connectivity index (χ0) is 8.91. The van der Waals surface area contributed by atoms with Crippen LogP contribution < -0.4 is 0 Å². The summed E-state index contributed by atoms with van der Waals surface area (Å²) in [5.41, 5.74) is -0.527. The van der Waals surface area contributed by atoms with Gasteiger partial charge in [-0.25, -0.2) is 4.79 Å². The first-order chi connectivity index (χ1) is 4.95. The lowest BCUT2D eigenvalue weighted by Gasteiger charge is -2.16. The average Bonchev–Trinajstić information content (AvgIpc) is 1.79. The third kappa shape index (κ3) is 6.83. The molecule has 11 heavy (non-hydrogen) atoms. The van der Waals surface area contributed by atoms with E-state index in [4.69, 9.17) is 4.74 Å². The molecule has 0 fully saturated rings. The number of oxime groups is 1. The fourth-order valence-corrected chi connectivity index (χ4v) is 0.364. The quantitative estimate of drug-likeness (QED) is 0.254. The topological polar surface area (TPSA) is 47.9 Å². The van der Waals surface area contributed by atoms with Crippen LogP contribution >= 0.6 is 0 Å². The Hall–Kier alpha value is -1.06. The standard InChI is InChI=1S/C7H13NO3/c1-5-8-11-6(9)10-7(2,3)4/h5H,1-4H3. The van der Waals surface area contributed by atoms with Gasteiger partial charge in [-0.3, -0.25) is 4.84 Å². The molecule has 0 aliphatic heterocycles. The van der Waals surface area contributed by atoms with Crippen LogP contribution in [0.4, 0.5) is 4.79 Å². The molecular weight excluding hydrogens is 146 g/mol. The predicted octanol–water partition coefficient (Wildman–Crippen LogP) is 1.94. The van der Waals surface area contributed by atoms with E-state index in [0.717, 1.165) is 0 Å². The molecule has 0 bridgehead atoms. The second-order valence-corrected chi connectivity index (χ2v) is 2.92. The van der Waals surface area contributed by atoms with E-state index >= 15 is 0 Å². The number of carbonyl (C=O) groups is 1. The number of hydrogen-bond donors (Lipinski definition) is 0. The van der Waals surface area contributed by atoms with Gasteiger partial charge in [0.1, 0.15) is 5.60 Å². The van der Waals surface area contributed by atoms with Gasteiger partial charge in [0.2, 0.25) is 0 Å². The van der Waals surface area contributed by atoms with Crippen molar-refractivity contribution in [3.05, 3.63) is 0 Å². The highest BCUT2D eigenvalue weighted by atomic mass is 16.8. The minimum Gasteiger partial charge on any atom is -0.427 e. The minimum absolute atomic E-state index is 0.527. The zero-order valence-corrected chi connectivity index (χ0v) is 7.25. The molecule has 4 nitrogen and oxygen atoms in total. The fraction of sp³-hybridized carbons (Fsp3) is 0.714. The van der Waals surface area contributed by atoms with Gasteiger partial charge in [0.05, 0.1) is 0 Å². The predicted molar refractivity (Wildman–Crippen MR) is 41.5 cm³/mol. The molecule has 0 aromatic rings. The monoisotopic (exact) mass is 159 g/mol. The Morgan fingerprint density at radius 1 is 1.45 bits per heavy atom. The summed E-state index contributed by atoms with van der Waals surface area (Å²) in [6, 6.07) is 0. The van der Waals surface area contributed by atoms with Crippen molar-refractivity contribution in [3.8, 4) is 0 Å². The van der Waals surface area contributed by atoms with E-state index in [9.17, 15) is 4.79 Å². The molecule has 0 amide bonds. The number of nitrogens with zero attached hydrogens (tertiary/aromatic N) is 1. The Morgan fingerprint density at radius 2 is 2.00 bits per heavy atom. The van der Waals surface area contributed by atoms with Crippen molar-refractivity contribution in [3.63, 3.8) is 0 Å². The van der Waals surface area contributed by atoms with Gasteiger partial charge in [-0.1, -0.05) is 5.16 Å². The van der Waals surface area contributed by atoms with Crippen LogP contribution in [0.15, 0.2) is 5.16 Å². The number of ether oxygens (including phenoxy) is 1. The lowest BCUT2D eigenvalue weighted by Crippen LogP contribution is -2.23. The van der Waals surface area contributed by atoms with Crippen LogP contribution in [0.3, 0.4) is 0 Å². The van der Waals surface area contributed by atoms with E-state index < -0.39 is 11.8 Å². The molecule has 0 radical (unpaired) electrons. The molecule has 0 aromatic carbocycles. The van der Waals surface area contributed by atoms with Crippen molar-refractivity contribution in [1.29, 1.82) is 0 Å². The van der Waals surface area contributed by atoms with E-state index in [2.05, 4.69) is 9.99 Å². The van der Waals surface area contributed by atoms with Gasteiger partial charge in [0.25, 0.3) is 0 Å². The van der Waals surface area contributed by atoms with Crippen molar-refractivity contribution in [2.75, 3.05) is 0 Å². The Kier molecular flexibility index (Phi) is 3.57. The highest BCUT2D eigenvalue weighted by Crippen LogP contribution is 2.07. The summed E-state index contributed by atoms with van der Waals surface area (Å²) in [4.78, 5) is 14.9. The van der Waals surface area contributed by atoms with Crippen LogP contribution in [0, 0.1) is 0 Å². The van der Waals surface area contributed by atoms with Crippen molar-refractivity contribution in [2.24, 2.45) is 5.16 Å². The summed E-state index contributed by atoms with van der Waals surface area (Å²) in [5, 5.41) is 3.26. The zero-order valence-electron chi connectivity index (χ0n) is 7.25. The first-order valence-electron chi connectivity index (χ1n) is 3.33. The number of carbonyl (C=O) groups excluding carboxylic acids is 1. The molecule has 0 unspecified atom stereocenters. The lowest BCUT2D eigenvalue weighted by molar-refractivity contribution is -0.00596. The molecule has 0 saturated heterocycles. The highest BCUT2D eigenvalue weighted by Gasteiger charge is 2.17. The Balaban J connectivity index is 3.70. The maximum atomic E-state index is 10.7. The maximum absolute atomic E-state index is 10.7. The van der Waals surface area contributed by atoms with Crippen LogP contribution in [0.2, 0.25) is 0 Å². The van der Waals surface area contributed by atoms with Crippen LogP contribution in [0.1, 0.15) is 27.7 Å². The van der Waals surface area contributed by atoms with Gasteiger partial charge in [-0.05, 0) is 27.7 Å². The molecule has 0 rings (SSSR count). The minimum atomic E-state index is -0.782. The van der Waals surface area contributed by atoms with Gasteiger partial charge < -0.3 is 4.74 Å². The van der Waals surface area contributed by atoms with Gasteiger partial charge in [0.15, 0.2) is 0 Å². The van der Waals surface area contributed by atoms with Gasteiger partial charge >= 0.3 is 6.16 Å². The van der Waals surface area contributed by atoms with E-state index in [1.165, 1.54) is 6.21 Å². The largest absolute Gasteiger partial charge is 0.535 e. The van der Waals surface area contributed by atoms with Crippen molar-refractivity contribution in [1.82, 2.24) is 0 Å². The fourth-order valence-electron chi connectivity index (χ4n) is 0.364. The average molecular weight is 159 g/mol. The SMILES string of the molecule is CC=NOC(=O)OC(C)(C)C. The second kappa shape index (κ2) is 3.95. The molecule has 4 heteroatoms. The number of rotatable bonds is 1. The molecule has 0 spiro atoms. The Morgan fingerprint density at radius 3 is 2.36 bits per heavy atom. The lowest BCUT2D eigenvalue weighted by atomic mass is 10.2. The smallest absolute Gasteiger partial charge is 0.427 e. The third-order valence-electron chi connectivity index (χ3n) is 0.622. The molecule has 0 heterocycles. The second-order valence-electron chi connectivity index (χ2n) is 2.92. The molecule has 64 valence electrons. The Labute approximate surface area is 66.2 Å². The molecule has 0 aliphatic rings. The summed E-state index contributed by atoms with van der Waals surface area (Å²) in [6.07, 6.45) is 0.583. The highest BCUT2D eigenvalue weighted by molar-refractivity contribution is 5.62. The van der Waals surface area contributed by atoms with Gasteiger partial charge in [0, 0.05) is 6.21 Å². The molecule has 0 aromatic heterocycles. The van der Waals surface area contributed by atoms with Gasteiger partial charge in [-0.15, -0.1) is 0 Å². The number of hydrogen-bond acceptors (Lipinski definition) is 4. The van der Waals surface area contributed by atoms with Crippen LogP contribution in [0.5, 0.6) is 0 Å².